The lowest BCUT2D eigenvalue weighted by atomic mass is 10.1. The molecule has 82 valence electrons. The quantitative estimate of drug-likeness (QED) is 0.527. The van der Waals surface area contributed by atoms with Crippen LogP contribution in [0, 0.1) is 12.3 Å². The Balaban J connectivity index is 2.51. The molecule has 15 heavy (non-hydrogen) atoms. The summed E-state index contributed by atoms with van der Waals surface area (Å²) < 4.78 is 0. The van der Waals surface area contributed by atoms with Crippen LogP contribution in [0.3, 0.4) is 0 Å². The standard InChI is InChI=1S/C11H16N2O2/c1-3-5-6-7-13-8-10(14)12-9(4-2)11(13)15/h1,9H,4-8H2,2H3,(H,12,14). The Morgan fingerprint density at radius 2 is 2.33 bits per heavy atom. The van der Waals surface area contributed by atoms with E-state index in [1.165, 1.54) is 0 Å². The molecule has 1 aliphatic rings. The van der Waals surface area contributed by atoms with Crippen LogP contribution < -0.4 is 5.32 Å². The van der Waals surface area contributed by atoms with E-state index in [1.807, 2.05) is 6.92 Å². The van der Waals surface area contributed by atoms with Crippen LogP contribution in [0.25, 0.3) is 0 Å². The van der Waals surface area contributed by atoms with Gasteiger partial charge in [-0.1, -0.05) is 6.92 Å². The molecule has 1 aliphatic heterocycles. The lowest BCUT2D eigenvalue weighted by Crippen LogP contribution is -2.57. The van der Waals surface area contributed by atoms with Crippen molar-refractivity contribution in [3.05, 3.63) is 0 Å². The third-order valence-corrected chi connectivity index (χ3v) is 2.44. The van der Waals surface area contributed by atoms with E-state index in [4.69, 9.17) is 6.42 Å². The van der Waals surface area contributed by atoms with Crippen LogP contribution in [0.5, 0.6) is 0 Å². The van der Waals surface area contributed by atoms with E-state index in [0.29, 0.717) is 19.4 Å². The fraction of sp³-hybridized carbons (Fsp3) is 0.636. The largest absolute Gasteiger partial charge is 0.343 e. The summed E-state index contributed by atoms with van der Waals surface area (Å²) in [5.41, 5.74) is 0. The molecule has 0 radical (unpaired) electrons. The maximum absolute atomic E-state index is 11.8. The molecule has 1 atom stereocenters. The maximum atomic E-state index is 11.8. The second-order valence-electron chi connectivity index (χ2n) is 3.60. The number of nitrogens with one attached hydrogen (secondary N) is 1. The molecule has 1 fully saturated rings. The molecule has 1 rings (SSSR count). The second-order valence-corrected chi connectivity index (χ2v) is 3.60. The minimum atomic E-state index is -0.350. The maximum Gasteiger partial charge on any atom is 0.245 e. The number of carbonyl (C=O) groups is 2. The van der Waals surface area contributed by atoms with Gasteiger partial charge in [0.2, 0.25) is 11.8 Å². The lowest BCUT2D eigenvalue weighted by molar-refractivity contribution is -0.144. The normalized spacial score (nSPS) is 21.1. The van der Waals surface area contributed by atoms with E-state index in [9.17, 15) is 9.59 Å². The van der Waals surface area contributed by atoms with E-state index in [-0.39, 0.29) is 24.4 Å². The van der Waals surface area contributed by atoms with E-state index < -0.39 is 0 Å². The van der Waals surface area contributed by atoms with Gasteiger partial charge in [-0.15, -0.1) is 12.3 Å². The van der Waals surface area contributed by atoms with Crippen LogP contribution in [-0.2, 0) is 9.59 Å². The molecule has 4 nitrogen and oxygen atoms in total. The molecule has 2 amide bonds. The number of piperazine rings is 1. The minimum absolute atomic E-state index is 0.00845. The summed E-state index contributed by atoms with van der Waals surface area (Å²) in [5.74, 6) is 2.45. The van der Waals surface area contributed by atoms with Crippen molar-refractivity contribution in [2.75, 3.05) is 13.1 Å². The summed E-state index contributed by atoms with van der Waals surface area (Å²) in [6, 6.07) is -0.350. The van der Waals surface area contributed by atoms with Crippen molar-refractivity contribution in [3.8, 4) is 12.3 Å². The predicted molar refractivity (Wildman–Crippen MR) is 56.9 cm³/mol. The first-order chi connectivity index (χ1) is 7.19. The van der Waals surface area contributed by atoms with Gasteiger partial charge >= 0.3 is 0 Å². The third kappa shape index (κ3) is 2.98. The summed E-state index contributed by atoms with van der Waals surface area (Å²) >= 11 is 0. The Kier molecular flexibility index (Phi) is 4.17. The fourth-order valence-electron chi connectivity index (χ4n) is 1.61. The van der Waals surface area contributed by atoms with Crippen molar-refractivity contribution < 1.29 is 9.59 Å². The van der Waals surface area contributed by atoms with Crippen molar-refractivity contribution in [2.45, 2.75) is 32.2 Å². The van der Waals surface area contributed by atoms with Crippen molar-refractivity contribution in [1.82, 2.24) is 10.2 Å². The zero-order chi connectivity index (χ0) is 11.3. The van der Waals surface area contributed by atoms with Crippen molar-refractivity contribution in [2.24, 2.45) is 0 Å². The number of amides is 2. The highest BCUT2D eigenvalue weighted by Gasteiger charge is 2.30. The van der Waals surface area contributed by atoms with E-state index in [1.54, 1.807) is 4.90 Å². The highest BCUT2D eigenvalue weighted by Crippen LogP contribution is 2.06. The van der Waals surface area contributed by atoms with Crippen LogP contribution in [0.2, 0.25) is 0 Å². The molecule has 4 heteroatoms. The number of nitrogens with zero attached hydrogens (tertiary/aromatic N) is 1. The van der Waals surface area contributed by atoms with Gasteiger partial charge < -0.3 is 10.2 Å². The molecule has 0 aromatic carbocycles. The summed E-state index contributed by atoms with van der Waals surface area (Å²) in [6.45, 7) is 2.63. The first-order valence-corrected chi connectivity index (χ1v) is 5.20. The van der Waals surface area contributed by atoms with Crippen LogP contribution in [0.1, 0.15) is 26.2 Å². The monoisotopic (exact) mass is 208 g/mol. The fourth-order valence-corrected chi connectivity index (χ4v) is 1.61. The van der Waals surface area contributed by atoms with Crippen molar-refractivity contribution in [1.29, 1.82) is 0 Å². The average molecular weight is 208 g/mol. The van der Waals surface area contributed by atoms with Gasteiger partial charge in [0, 0.05) is 13.0 Å². The Morgan fingerprint density at radius 3 is 2.93 bits per heavy atom. The predicted octanol–water partition coefficient (Wildman–Crippen LogP) is 0.137. The molecule has 0 spiro atoms. The van der Waals surface area contributed by atoms with E-state index >= 15 is 0 Å². The summed E-state index contributed by atoms with van der Waals surface area (Å²) in [7, 11) is 0. The molecule has 0 saturated carbocycles. The van der Waals surface area contributed by atoms with Gasteiger partial charge in [0.25, 0.3) is 0 Å². The lowest BCUT2D eigenvalue weighted by Gasteiger charge is -2.31. The summed E-state index contributed by atoms with van der Waals surface area (Å²) in [5, 5.41) is 2.67. The Hall–Kier alpha value is -1.50. The van der Waals surface area contributed by atoms with Crippen LogP contribution in [-0.4, -0.2) is 35.8 Å². The van der Waals surface area contributed by atoms with Crippen molar-refractivity contribution >= 4 is 11.8 Å². The molecule has 1 saturated heterocycles. The van der Waals surface area contributed by atoms with Crippen molar-refractivity contribution in [3.63, 3.8) is 0 Å². The SMILES string of the molecule is C#CCCCN1CC(=O)NC(CC)C1=O. The Labute approximate surface area is 90.0 Å². The molecule has 1 unspecified atom stereocenters. The van der Waals surface area contributed by atoms with E-state index in [2.05, 4.69) is 11.2 Å². The molecular formula is C11H16N2O2. The van der Waals surface area contributed by atoms with Crippen LogP contribution in [0.15, 0.2) is 0 Å². The number of unbranched alkanes of at least 4 members (excludes halogenated alkanes) is 1. The zero-order valence-electron chi connectivity index (χ0n) is 8.95. The minimum Gasteiger partial charge on any atom is -0.343 e. The Bertz CT molecular complexity index is 293. The molecule has 1 heterocycles. The second kappa shape index (κ2) is 5.40. The molecule has 0 aromatic rings. The van der Waals surface area contributed by atoms with Crippen LogP contribution >= 0.6 is 0 Å². The number of rotatable bonds is 4. The number of terminal acetylenes is 1. The smallest absolute Gasteiger partial charge is 0.245 e. The van der Waals surface area contributed by atoms with E-state index in [0.717, 1.165) is 6.42 Å². The molecule has 0 aromatic heterocycles. The van der Waals surface area contributed by atoms with Gasteiger partial charge in [-0.05, 0) is 12.8 Å². The molecule has 0 aliphatic carbocycles. The number of carbonyl (C=O) groups excluding carboxylic acids is 2. The van der Waals surface area contributed by atoms with Gasteiger partial charge in [-0.3, -0.25) is 9.59 Å². The molecule has 0 bridgehead atoms. The summed E-state index contributed by atoms with van der Waals surface area (Å²) in [4.78, 5) is 24.6. The van der Waals surface area contributed by atoms with Gasteiger partial charge in [0.1, 0.15) is 6.04 Å². The first kappa shape index (κ1) is 11.6. The van der Waals surface area contributed by atoms with Gasteiger partial charge in [-0.25, -0.2) is 0 Å². The molecule has 1 N–H and O–H groups in total. The number of hydrogen-bond acceptors (Lipinski definition) is 2. The van der Waals surface area contributed by atoms with Gasteiger partial charge in [0.05, 0.1) is 6.54 Å². The van der Waals surface area contributed by atoms with Gasteiger partial charge in [0.15, 0.2) is 0 Å². The topological polar surface area (TPSA) is 49.4 Å². The summed E-state index contributed by atoms with van der Waals surface area (Å²) in [6.07, 6.45) is 7.16. The highest BCUT2D eigenvalue weighted by atomic mass is 16.2. The van der Waals surface area contributed by atoms with Crippen LogP contribution in [0.4, 0.5) is 0 Å². The highest BCUT2D eigenvalue weighted by molar-refractivity contribution is 5.94. The molecular weight excluding hydrogens is 192 g/mol. The third-order valence-electron chi connectivity index (χ3n) is 2.44. The number of hydrogen-bond donors (Lipinski definition) is 1. The zero-order valence-corrected chi connectivity index (χ0v) is 8.95. The Morgan fingerprint density at radius 1 is 1.60 bits per heavy atom. The first-order valence-electron chi connectivity index (χ1n) is 5.20. The van der Waals surface area contributed by atoms with Gasteiger partial charge in [-0.2, -0.15) is 0 Å². The average Bonchev–Trinajstić information content (AvgIpc) is 2.23.